The summed E-state index contributed by atoms with van der Waals surface area (Å²) in [6.45, 7) is 6.78. The number of hydrogen-bond acceptors (Lipinski definition) is 4. The van der Waals surface area contributed by atoms with Gasteiger partial charge in [0.15, 0.2) is 5.79 Å². The molecule has 1 aromatic rings. The minimum Gasteiger partial charge on any atom is -0.372 e. The molecule has 23 heavy (non-hydrogen) atoms. The number of carbonyl (C=O) groups is 1. The fourth-order valence-corrected chi connectivity index (χ4v) is 3.47. The lowest BCUT2D eigenvalue weighted by atomic mass is 9.94. The van der Waals surface area contributed by atoms with Crippen molar-refractivity contribution < 1.29 is 19.0 Å². The van der Waals surface area contributed by atoms with Gasteiger partial charge in [-0.3, -0.25) is 4.79 Å². The Morgan fingerprint density at radius 1 is 1.30 bits per heavy atom. The van der Waals surface area contributed by atoms with E-state index in [0.717, 1.165) is 12.8 Å². The second-order valence-corrected chi connectivity index (χ2v) is 6.79. The van der Waals surface area contributed by atoms with Crippen LogP contribution in [0.4, 0.5) is 0 Å². The summed E-state index contributed by atoms with van der Waals surface area (Å²) in [7, 11) is 0. The lowest BCUT2D eigenvalue weighted by molar-refractivity contribution is -0.189. The van der Waals surface area contributed by atoms with Crippen LogP contribution in [0.5, 0.6) is 0 Å². The summed E-state index contributed by atoms with van der Waals surface area (Å²) in [6, 6.07) is 9.19. The van der Waals surface area contributed by atoms with Crippen LogP contribution in [-0.2, 0) is 14.2 Å². The highest BCUT2D eigenvalue weighted by Crippen LogP contribution is 2.44. The van der Waals surface area contributed by atoms with Gasteiger partial charge in [-0.15, -0.1) is 0 Å². The first-order valence-corrected chi connectivity index (χ1v) is 8.29. The Morgan fingerprint density at radius 2 is 2.04 bits per heavy atom. The smallest absolute Gasteiger partial charge is 0.251 e. The second-order valence-electron chi connectivity index (χ2n) is 6.79. The molecule has 2 saturated heterocycles. The zero-order chi connectivity index (χ0) is 16.5. The molecule has 1 aromatic carbocycles. The first-order chi connectivity index (χ1) is 11.0. The van der Waals surface area contributed by atoms with E-state index in [1.165, 1.54) is 0 Å². The van der Waals surface area contributed by atoms with Gasteiger partial charge in [-0.2, -0.15) is 0 Å². The highest BCUT2D eigenvalue weighted by atomic mass is 16.8. The van der Waals surface area contributed by atoms with Gasteiger partial charge in [-0.1, -0.05) is 31.5 Å². The van der Waals surface area contributed by atoms with Crippen molar-refractivity contribution in [3.8, 4) is 0 Å². The molecule has 2 fully saturated rings. The molecule has 2 aliphatic rings. The van der Waals surface area contributed by atoms with Crippen molar-refractivity contribution in [1.82, 2.24) is 5.32 Å². The SMILES string of the molecule is CCC[C@H]1OC[C@]2(CNC(=O)c3ccccc3)OC(C)(C)O[C@H]12. The molecule has 0 bridgehead atoms. The minimum absolute atomic E-state index is 0.0235. The van der Waals surface area contributed by atoms with Crippen LogP contribution in [0.15, 0.2) is 30.3 Å². The first kappa shape index (κ1) is 16.4. The zero-order valence-corrected chi connectivity index (χ0v) is 14.0. The number of benzene rings is 1. The number of nitrogens with one attached hydrogen (secondary N) is 1. The molecule has 3 rings (SSSR count). The highest BCUT2D eigenvalue weighted by Gasteiger charge is 2.60. The fraction of sp³-hybridized carbons (Fsp3) is 0.611. The van der Waals surface area contributed by atoms with Crippen molar-refractivity contribution in [2.24, 2.45) is 0 Å². The van der Waals surface area contributed by atoms with E-state index < -0.39 is 11.4 Å². The molecule has 0 spiro atoms. The number of ether oxygens (including phenoxy) is 3. The zero-order valence-electron chi connectivity index (χ0n) is 14.0. The summed E-state index contributed by atoms with van der Waals surface area (Å²) in [6.07, 6.45) is 1.83. The van der Waals surface area contributed by atoms with Gasteiger partial charge in [0.2, 0.25) is 0 Å². The Balaban J connectivity index is 1.71. The van der Waals surface area contributed by atoms with E-state index >= 15 is 0 Å². The monoisotopic (exact) mass is 319 g/mol. The van der Waals surface area contributed by atoms with Gasteiger partial charge in [0.05, 0.1) is 19.3 Å². The van der Waals surface area contributed by atoms with Crippen LogP contribution in [0.1, 0.15) is 44.0 Å². The van der Waals surface area contributed by atoms with E-state index in [4.69, 9.17) is 14.2 Å². The largest absolute Gasteiger partial charge is 0.372 e. The summed E-state index contributed by atoms with van der Waals surface area (Å²) in [4.78, 5) is 12.3. The van der Waals surface area contributed by atoms with Crippen LogP contribution in [-0.4, -0.2) is 42.7 Å². The molecule has 3 atom stereocenters. The van der Waals surface area contributed by atoms with E-state index in [1.54, 1.807) is 12.1 Å². The van der Waals surface area contributed by atoms with Crippen molar-refractivity contribution in [3.05, 3.63) is 35.9 Å². The number of hydrogen-bond donors (Lipinski definition) is 1. The Hall–Kier alpha value is -1.43. The van der Waals surface area contributed by atoms with Crippen molar-refractivity contribution in [2.45, 2.75) is 57.2 Å². The van der Waals surface area contributed by atoms with Crippen molar-refractivity contribution in [1.29, 1.82) is 0 Å². The van der Waals surface area contributed by atoms with Crippen molar-refractivity contribution >= 4 is 5.91 Å². The van der Waals surface area contributed by atoms with Gasteiger partial charge >= 0.3 is 0 Å². The third-order valence-electron chi connectivity index (χ3n) is 4.42. The Kier molecular flexibility index (Phi) is 4.45. The van der Waals surface area contributed by atoms with Gasteiger partial charge in [-0.25, -0.2) is 0 Å². The number of fused-ring (bicyclic) bond motifs is 1. The van der Waals surface area contributed by atoms with Crippen LogP contribution in [0.3, 0.4) is 0 Å². The predicted octanol–water partition coefficient (Wildman–Crippen LogP) is 2.51. The summed E-state index contributed by atoms with van der Waals surface area (Å²) in [5, 5.41) is 2.98. The summed E-state index contributed by atoms with van der Waals surface area (Å²) >= 11 is 0. The van der Waals surface area contributed by atoms with E-state index in [2.05, 4.69) is 12.2 Å². The lowest BCUT2D eigenvalue weighted by Gasteiger charge is -2.27. The maximum absolute atomic E-state index is 12.3. The van der Waals surface area contributed by atoms with Crippen molar-refractivity contribution in [3.63, 3.8) is 0 Å². The normalized spacial score (nSPS) is 31.8. The average Bonchev–Trinajstić information content (AvgIpc) is 2.98. The first-order valence-electron chi connectivity index (χ1n) is 8.29. The van der Waals surface area contributed by atoms with Crippen LogP contribution in [0.25, 0.3) is 0 Å². The third kappa shape index (κ3) is 3.27. The Labute approximate surface area is 137 Å². The van der Waals surface area contributed by atoms with Gasteiger partial charge in [0.25, 0.3) is 5.91 Å². The van der Waals surface area contributed by atoms with Crippen LogP contribution in [0.2, 0.25) is 0 Å². The third-order valence-corrected chi connectivity index (χ3v) is 4.42. The molecule has 2 aliphatic heterocycles. The van der Waals surface area contributed by atoms with E-state index in [9.17, 15) is 4.79 Å². The number of amides is 1. The number of carbonyl (C=O) groups excluding carboxylic acids is 1. The molecule has 1 amide bonds. The average molecular weight is 319 g/mol. The van der Waals surface area contributed by atoms with E-state index in [-0.39, 0.29) is 18.1 Å². The molecule has 0 saturated carbocycles. The topological polar surface area (TPSA) is 56.8 Å². The van der Waals surface area contributed by atoms with Gasteiger partial charge < -0.3 is 19.5 Å². The summed E-state index contributed by atoms with van der Waals surface area (Å²) in [5.41, 5.74) is 0.0379. The molecule has 0 aromatic heterocycles. The molecular formula is C18H25NO4. The number of rotatable bonds is 5. The molecule has 126 valence electrons. The maximum atomic E-state index is 12.3. The molecule has 0 unspecified atom stereocenters. The molecule has 1 N–H and O–H groups in total. The van der Waals surface area contributed by atoms with Crippen molar-refractivity contribution in [2.75, 3.05) is 13.2 Å². The predicted molar refractivity (Wildman–Crippen MR) is 86.2 cm³/mol. The van der Waals surface area contributed by atoms with Crippen LogP contribution < -0.4 is 5.32 Å². The van der Waals surface area contributed by atoms with Crippen LogP contribution in [0, 0.1) is 0 Å². The summed E-state index contributed by atoms with van der Waals surface area (Å²) < 4.78 is 18.1. The molecule has 0 aliphatic carbocycles. The van der Waals surface area contributed by atoms with E-state index in [1.807, 2.05) is 32.0 Å². The molecule has 5 nitrogen and oxygen atoms in total. The minimum atomic E-state index is -0.655. The quantitative estimate of drug-likeness (QED) is 0.906. The van der Waals surface area contributed by atoms with Gasteiger partial charge in [-0.05, 0) is 32.4 Å². The highest BCUT2D eigenvalue weighted by molar-refractivity contribution is 5.94. The van der Waals surface area contributed by atoms with E-state index in [0.29, 0.717) is 18.7 Å². The van der Waals surface area contributed by atoms with Gasteiger partial charge in [0.1, 0.15) is 11.7 Å². The Morgan fingerprint density at radius 3 is 2.74 bits per heavy atom. The molecule has 2 heterocycles. The Bertz CT molecular complexity index is 559. The molecule has 0 radical (unpaired) electrons. The second kappa shape index (κ2) is 6.23. The van der Waals surface area contributed by atoms with Crippen LogP contribution >= 0.6 is 0 Å². The maximum Gasteiger partial charge on any atom is 0.251 e. The summed E-state index contributed by atoms with van der Waals surface area (Å²) in [5.74, 6) is -0.760. The van der Waals surface area contributed by atoms with Gasteiger partial charge in [0, 0.05) is 5.56 Å². The molecule has 5 heteroatoms. The standard InChI is InChI=1S/C18H25NO4/c1-4-8-14-15-18(12-21-14,23-17(2,3)22-15)11-19-16(20)13-9-6-5-7-10-13/h5-7,9-10,14-15H,4,8,11-12H2,1-3H3,(H,19,20)/t14-,15-,18+/m1/s1. The lowest BCUT2D eigenvalue weighted by Crippen LogP contribution is -2.51. The molecular weight excluding hydrogens is 294 g/mol. The fourth-order valence-electron chi connectivity index (χ4n) is 3.47.